The predicted octanol–water partition coefficient (Wildman–Crippen LogP) is -0.246. The summed E-state index contributed by atoms with van der Waals surface area (Å²) in [5.41, 5.74) is 6.60. The van der Waals surface area contributed by atoms with Gasteiger partial charge in [0.1, 0.15) is 0 Å². The van der Waals surface area contributed by atoms with Gasteiger partial charge in [-0.15, -0.1) is 10.2 Å². The molecule has 15 heavy (non-hydrogen) atoms. The van der Waals surface area contributed by atoms with E-state index in [2.05, 4.69) is 15.2 Å². The lowest BCUT2D eigenvalue weighted by Crippen LogP contribution is -2.16. The van der Waals surface area contributed by atoms with Crippen molar-refractivity contribution < 1.29 is 0 Å². The molecule has 0 atom stereocenters. The number of hydrogen-bond acceptors (Lipinski definition) is 5. The molecule has 0 spiro atoms. The molecule has 78 valence electrons. The highest BCUT2D eigenvalue weighted by Gasteiger charge is 2.05. The first-order valence-corrected chi connectivity index (χ1v) is 4.61. The molecule has 0 aliphatic rings. The normalized spacial score (nSPS) is 10.4. The summed E-state index contributed by atoms with van der Waals surface area (Å²) < 4.78 is 1.30. The van der Waals surface area contributed by atoms with Crippen molar-refractivity contribution >= 4 is 5.95 Å². The third-order valence-corrected chi connectivity index (χ3v) is 2.15. The van der Waals surface area contributed by atoms with Crippen LogP contribution in [0.3, 0.4) is 0 Å². The van der Waals surface area contributed by atoms with Crippen LogP contribution in [0.4, 0.5) is 5.95 Å². The highest BCUT2D eigenvalue weighted by Crippen LogP contribution is 2.04. The van der Waals surface area contributed by atoms with E-state index in [1.54, 1.807) is 6.20 Å². The number of pyridine rings is 1. The van der Waals surface area contributed by atoms with Gasteiger partial charge in [-0.05, 0) is 18.1 Å². The Morgan fingerprint density at radius 2 is 2.13 bits per heavy atom. The molecule has 2 aromatic rings. The third-order valence-electron chi connectivity index (χ3n) is 2.15. The molecule has 0 fully saturated rings. The Morgan fingerprint density at radius 1 is 1.27 bits per heavy atom. The summed E-state index contributed by atoms with van der Waals surface area (Å²) in [6, 6.07) is 3.91. The summed E-state index contributed by atoms with van der Waals surface area (Å²) in [6.45, 7) is 0. The average molecular weight is 204 g/mol. The van der Waals surface area contributed by atoms with E-state index in [9.17, 15) is 0 Å². The van der Waals surface area contributed by atoms with Gasteiger partial charge in [0.2, 0.25) is 5.95 Å². The summed E-state index contributed by atoms with van der Waals surface area (Å²) in [5, 5.41) is 7.55. The van der Waals surface area contributed by atoms with Gasteiger partial charge in [0.25, 0.3) is 0 Å². The zero-order valence-electron chi connectivity index (χ0n) is 8.17. The molecule has 2 aromatic heterocycles. The second-order valence-electron chi connectivity index (χ2n) is 3.21. The first-order valence-electron chi connectivity index (χ1n) is 4.61. The summed E-state index contributed by atoms with van der Waals surface area (Å²) in [7, 11) is 0. The van der Waals surface area contributed by atoms with Gasteiger partial charge in [0, 0.05) is 18.8 Å². The maximum absolute atomic E-state index is 5.62. The van der Waals surface area contributed by atoms with Crippen LogP contribution in [0, 0.1) is 0 Å². The number of nitrogens with two attached hydrogens (primary N) is 2. The van der Waals surface area contributed by atoms with E-state index in [1.165, 1.54) is 4.68 Å². The van der Waals surface area contributed by atoms with Crippen LogP contribution in [0.1, 0.15) is 11.4 Å². The Hall–Kier alpha value is -2.11. The molecule has 0 amide bonds. The molecule has 6 nitrogen and oxygen atoms in total. The minimum Gasteiger partial charge on any atom is -0.366 e. The Kier molecular flexibility index (Phi) is 2.49. The molecule has 0 saturated carbocycles. The minimum atomic E-state index is 0.233. The Morgan fingerprint density at radius 3 is 2.73 bits per heavy atom. The van der Waals surface area contributed by atoms with Gasteiger partial charge in [-0.3, -0.25) is 4.98 Å². The van der Waals surface area contributed by atoms with E-state index < -0.39 is 0 Å². The van der Waals surface area contributed by atoms with E-state index >= 15 is 0 Å². The van der Waals surface area contributed by atoms with Gasteiger partial charge < -0.3 is 11.6 Å². The average Bonchev–Trinajstić information content (AvgIpc) is 2.59. The van der Waals surface area contributed by atoms with Crippen molar-refractivity contribution in [2.75, 3.05) is 11.6 Å². The molecule has 6 heteroatoms. The quantitative estimate of drug-likeness (QED) is 0.672. The molecule has 0 aliphatic carbocycles. The number of anilines is 1. The Balaban J connectivity index is 2.02. The van der Waals surface area contributed by atoms with Gasteiger partial charge in [-0.2, -0.15) is 0 Å². The number of rotatable bonds is 3. The number of aryl methyl sites for hydroxylation is 2. The highest BCUT2D eigenvalue weighted by molar-refractivity contribution is 5.18. The molecule has 0 saturated heterocycles. The predicted molar refractivity (Wildman–Crippen MR) is 56.2 cm³/mol. The largest absolute Gasteiger partial charge is 0.366 e. The lowest BCUT2D eigenvalue weighted by atomic mass is 10.1. The topological polar surface area (TPSA) is 95.6 Å². The molecule has 4 N–H and O–H groups in total. The molecule has 2 rings (SSSR count). The lowest BCUT2D eigenvalue weighted by molar-refractivity contribution is 0.803. The molecule has 0 aliphatic heterocycles. The molecule has 0 bridgehead atoms. The van der Waals surface area contributed by atoms with Gasteiger partial charge in [0.15, 0.2) is 5.82 Å². The maximum Gasteiger partial charge on any atom is 0.240 e. The molecular formula is C9H12N6. The number of nitrogens with zero attached hydrogens (tertiary/aromatic N) is 4. The fourth-order valence-electron chi connectivity index (χ4n) is 1.31. The standard InChI is InChI=1S/C9H12N6/c10-9-14-13-8(15(9)11)4-3-7-2-1-5-12-6-7/h1-2,5-6H,3-4,11H2,(H2,10,14). The smallest absolute Gasteiger partial charge is 0.240 e. The van der Waals surface area contributed by atoms with Crippen molar-refractivity contribution in [2.24, 2.45) is 0 Å². The van der Waals surface area contributed by atoms with Gasteiger partial charge in [0.05, 0.1) is 0 Å². The summed E-state index contributed by atoms with van der Waals surface area (Å²) in [4.78, 5) is 4.03. The molecule has 0 radical (unpaired) electrons. The van der Waals surface area contributed by atoms with Crippen LogP contribution >= 0.6 is 0 Å². The monoisotopic (exact) mass is 204 g/mol. The van der Waals surface area contributed by atoms with Crippen LogP contribution in [0.2, 0.25) is 0 Å². The lowest BCUT2D eigenvalue weighted by Gasteiger charge is -2.00. The molecule has 0 aromatic carbocycles. The van der Waals surface area contributed by atoms with Crippen molar-refractivity contribution in [3.05, 3.63) is 35.9 Å². The van der Waals surface area contributed by atoms with E-state index in [-0.39, 0.29) is 5.95 Å². The van der Waals surface area contributed by atoms with Crippen molar-refractivity contribution in [3.8, 4) is 0 Å². The van der Waals surface area contributed by atoms with E-state index in [4.69, 9.17) is 11.6 Å². The van der Waals surface area contributed by atoms with Crippen LogP contribution in [-0.2, 0) is 12.8 Å². The molecule has 0 unspecified atom stereocenters. The summed E-state index contributed by atoms with van der Waals surface area (Å²) >= 11 is 0. The maximum atomic E-state index is 5.62. The highest BCUT2D eigenvalue weighted by atomic mass is 15.4. The van der Waals surface area contributed by atoms with Crippen molar-refractivity contribution in [1.29, 1.82) is 0 Å². The van der Waals surface area contributed by atoms with E-state index in [0.717, 1.165) is 12.0 Å². The fourth-order valence-corrected chi connectivity index (χ4v) is 1.31. The number of nitrogen functional groups attached to an aromatic ring is 2. The minimum absolute atomic E-state index is 0.233. The second kappa shape index (κ2) is 3.95. The van der Waals surface area contributed by atoms with Crippen molar-refractivity contribution in [2.45, 2.75) is 12.8 Å². The number of hydrogen-bond donors (Lipinski definition) is 2. The SMILES string of the molecule is Nc1nnc(CCc2cccnc2)n1N. The molecular weight excluding hydrogens is 192 g/mol. The number of aromatic nitrogens is 4. The zero-order chi connectivity index (χ0) is 10.7. The van der Waals surface area contributed by atoms with Crippen molar-refractivity contribution in [3.63, 3.8) is 0 Å². The van der Waals surface area contributed by atoms with Gasteiger partial charge in [-0.25, -0.2) is 4.68 Å². The van der Waals surface area contributed by atoms with Gasteiger partial charge in [-0.1, -0.05) is 6.07 Å². The van der Waals surface area contributed by atoms with Crippen molar-refractivity contribution in [1.82, 2.24) is 19.9 Å². The Labute approximate surface area is 86.9 Å². The summed E-state index contributed by atoms with van der Waals surface area (Å²) in [5.74, 6) is 6.53. The van der Waals surface area contributed by atoms with E-state index in [0.29, 0.717) is 12.2 Å². The van der Waals surface area contributed by atoms with Crippen LogP contribution < -0.4 is 11.6 Å². The first kappa shape index (κ1) is 9.45. The zero-order valence-corrected chi connectivity index (χ0v) is 8.17. The summed E-state index contributed by atoms with van der Waals surface area (Å²) in [6.07, 6.45) is 5.09. The fraction of sp³-hybridized carbons (Fsp3) is 0.222. The van der Waals surface area contributed by atoms with Crippen LogP contribution in [-0.4, -0.2) is 19.9 Å². The first-order chi connectivity index (χ1) is 7.27. The molecule has 2 heterocycles. The van der Waals surface area contributed by atoms with Crippen LogP contribution in [0.5, 0.6) is 0 Å². The van der Waals surface area contributed by atoms with Crippen LogP contribution in [0.25, 0.3) is 0 Å². The Bertz CT molecular complexity index is 435. The second-order valence-corrected chi connectivity index (χ2v) is 3.21. The van der Waals surface area contributed by atoms with Gasteiger partial charge >= 0.3 is 0 Å². The van der Waals surface area contributed by atoms with E-state index in [1.807, 2.05) is 18.3 Å². The van der Waals surface area contributed by atoms with Crippen LogP contribution in [0.15, 0.2) is 24.5 Å². The third kappa shape index (κ3) is 2.04.